The molecule has 1 aliphatic carbocycles. The summed E-state index contributed by atoms with van der Waals surface area (Å²) in [5, 5.41) is 7.23. The number of amides is 1. The smallest absolute Gasteiger partial charge is 0.416 e. The summed E-state index contributed by atoms with van der Waals surface area (Å²) in [4.78, 5) is 14.4. The van der Waals surface area contributed by atoms with Crippen molar-refractivity contribution >= 4 is 6.09 Å². The molecule has 0 spiro atoms. The van der Waals surface area contributed by atoms with Crippen molar-refractivity contribution in [1.29, 1.82) is 0 Å². The average molecular weight is 409 g/mol. The van der Waals surface area contributed by atoms with E-state index in [1.54, 1.807) is 24.1 Å². The number of benzene rings is 2. The summed E-state index contributed by atoms with van der Waals surface area (Å²) in [6, 6.07) is 12.2. The molecule has 0 bridgehead atoms. The first-order valence-corrected chi connectivity index (χ1v) is 10.0. The maximum atomic E-state index is 13.1. The summed E-state index contributed by atoms with van der Waals surface area (Å²) < 4.78 is 24.1. The van der Waals surface area contributed by atoms with Gasteiger partial charge >= 0.3 is 6.09 Å². The molecule has 4 rings (SSSR count). The van der Waals surface area contributed by atoms with E-state index >= 15 is 0 Å². The van der Waals surface area contributed by atoms with Crippen LogP contribution in [0.2, 0.25) is 0 Å². The molecule has 0 saturated carbocycles. The van der Waals surface area contributed by atoms with Crippen LogP contribution in [0.25, 0.3) is 11.1 Å². The van der Waals surface area contributed by atoms with Gasteiger partial charge in [-0.15, -0.1) is 0 Å². The fourth-order valence-corrected chi connectivity index (χ4v) is 3.74. The van der Waals surface area contributed by atoms with E-state index in [2.05, 4.69) is 10.2 Å². The van der Waals surface area contributed by atoms with Gasteiger partial charge in [-0.2, -0.15) is 5.10 Å². The van der Waals surface area contributed by atoms with E-state index in [9.17, 15) is 9.18 Å². The lowest BCUT2D eigenvalue weighted by Gasteiger charge is -2.21. The zero-order chi connectivity index (χ0) is 21.1. The third kappa shape index (κ3) is 4.01. The fraction of sp³-hybridized carbons (Fsp3) is 0.304. The van der Waals surface area contributed by atoms with Gasteiger partial charge in [-0.05, 0) is 67.1 Å². The number of carbonyl (C=O) groups excluding carboxylic acids is 1. The van der Waals surface area contributed by atoms with Crippen molar-refractivity contribution in [2.75, 3.05) is 20.2 Å². The number of carbonyl (C=O) groups is 1. The van der Waals surface area contributed by atoms with Crippen LogP contribution in [0.4, 0.5) is 9.18 Å². The summed E-state index contributed by atoms with van der Waals surface area (Å²) in [5.41, 5.74) is 4.84. The van der Waals surface area contributed by atoms with E-state index in [1.165, 1.54) is 12.1 Å². The number of ether oxygens (including phenoxy) is 2. The summed E-state index contributed by atoms with van der Waals surface area (Å²) in [6.07, 6.45) is 1.81. The number of nitrogens with one attached hydrogen (secondary N) is 1. The number of hydrogen-bond acceptors (Lipinski definition) is 4. The van der Waals surface area contributed by atoms with Gasteiger partial charge in [0, 0.05) is 13.1 Å². The molecular weight excluding hydrogens is 385 g/mol. The number of aromatic amines is 1. The van der Waals surface area contributed by atoms with Gasteiger partial charge in [0.05, 0.1) is 18.4 Å². The monoisotopic (exact) mass is 409 g/mol. The molecule has 0 unspecified atom stereocenters. The van der Waals surface area contributed by atoms with E-state index < -0.39 is 6.09 Å². The Morgan fingerprint density at radius 3 is 2.73 bits per heavy atom. The van der Waals surface area contributed by atoms with E-state index in [-0.39, 0.29) is 5.82 Å². The second-order valence-corrected chi connectivity index (χ2v) is 7.22. The molecule has 0 atom stereocenters. The standard InChI is InChI=1S/C23H24FN3O3/c1-3-27(13-12-15-4-7-17(24)8-5-15)23(28)30-22-21-19-10-9-18(29-2)14-16(19)6-11-20(21)25-26-22/h4-5,7-10,14H,3,6,11-13H2,1-2H3,(H,25,26). The summed E-state index contributed by atoms with van der Waals surface area (Å²) in [5.74, 6) is 0.894. The van der Waals surface area contributed by atoms with Gasteiger partial charge < -0.3 is 14.4 Å². The molecular formula is C23H24FN3O3. The minimum absolute atomic E-state index is 0.271. The van der Waals surface area contributed by atoms with Crippen molar-refractivity contribution in [2.24, 2.45) is 0 Å². The Hall–Kier alpha value is -3.35. The molecule has 0 saturated heterocycles. The molecule has 1 aliphatic rings. The molecule has 0 fully saturated rings. The number of aromatic nitrogens is 2. The van der Waals surface area contributed by atoms with E-state index in [0.29, 0.717) is 25.4 Å². The Labute approximate surface area is 174 Å². The lowest BCUT2D eigenvalue weighted by molar-refractivity contribution is 0.153. The van der Waals surface area contributed by atoms with Gasteiger partial charge in [-0.3, -0.25) is 0 Å². The van der Waals surface area contributed by atoms with Gasteiger partial charge in [0.1, 0.15) is 11.6 Å². The van der Waals surface area contributed by atoms with Gasteiger partial charge in [-0.1, -0.05) is 18.2 Å². The maximum Gasteiger partial charge on any atom is 0.416 e. The van der Waals surface area contributed by atoms with Crippen LogP contribution in [0.5, 0.6) is 11.6 Å². The molecule has 156 valence electrons. The van der Waals surface area contributed by atoms with Crippen LogP contribution in [-0.4, -0.2) is 41.4 Å². The largest absolute Gasteiger partial charge is 0.497 e. The number of likely N-dealkylation sites (N-methyl/N-ethyl adjacent to an activating group) is 1. The number of fused-ring (bicyclic) bond motifs is 3. The Morgan fingerprint density at radius 2 is 2.00 bits per heavy atom. The number of methoxy groups -OCH3 is 1. The highest BCUT2D eigenvalue weighted by molar-refractivity contribution is 5.80. The van der Waals surface area contributed by atoms with Gasteiger partial charge in [0.25, 0.3) is 0 Å². The van der Waals surface area contributed by atoms with Crippen LogP contribution in [0.1, 0.15) is 23.7 Å². The zero-order valence-corrected chi connectivity index (χ0v) is 17.1. The molecule has 1 heterocycles. The molecule has 1 N–H and O–H groups in total. The summed E-state index contributed by atoms with van der Waals surface area (Å²) in [6.45, 7) is 2.88. The molecule has 30 heavy (non-hydrogen) atoms. The highest BCUT2D eigenvalue weighted by Gasteiger charge is 2.26. The number of nitrogens with zero attached hydrogens (tertiary/aromatic N) is 2. The molecule has 2 aromatic carbocycles. The first kappa shape index (κ1) is 19.9. The molecule has 6 nitrogen and oxygen atoms in total. The third-order valence-corrected chi connectivity index (χ3v) is 5.43. The quantitative estimate of drug-likeness (QED) is 0.656. The van der Waals surface area contributed by atoms with Gasteiger partial charge in [0.15, 0.2) is 0 Å². The number of H-pyrrole nitrogens is 1. The fourth-order valence-electron chi connectivity index (χ4n) is 3.74. The van der Waals surface area contributed by atoms with E-state index in [1.807, 2.05) is 25.1 Å². The number of hydrogen-bond donors (Lipinski definition) is 1. The normalized spacial score (nSPS) is 12.1. The predicted octanol–water partition coefficient (Wildman–Crippen LogP) is 4.39. The maximum absolute atomic E-state index is 13.1. The Morgan fingerprint density at radius 1 is 1.20 bits per heavy atom. The molecule has 0 aliphatic heterocycles. The van der Waals surface area contributed by atoms with Gasteiger partial charge in [0.2, 0.25) is 5.88 Å². The van der Waals surface area contributed by atoms with Crippen molar-refractivity contribution in [3.63, 3.8) is 0 Å². The Bertz CT molecular complexity index is 1050. The van der Waals surface area contributed by atoms with Crippen LogP contribution < -0.4 is 9.47 Å². The predicted molar refractivity (Wildman–Crippen MR) is 111 cm³/mol. The van der Waals surface area contributed by atoms with Crippen LogP contribution in [-0.2, 0) is 19.3 Å². The third-order valence-electron chi connectivity index (χ3n) is 5.43. The number of aryl methyl sites for hydroxylation is 2. The van der Waals surface area contributed by atoms with Crippen LogP contribution in [0.3, 0.4) is 0 Å². The summed E-state index contributed by atoms with van der Waals surface area (Å²) in [7, 11) is 1.65. The highest BCUT2D eigenvalue weighted by Crippen LogP contribution is 2.40. The number of halogens is 1. The van der Waals surface area contributed by atoms with E-state index in [4.69, 9.17) is 9.47 Å². The lowest BCUT2D eigenvalue weighted by Crippen LogP contribution is -2.35. The highest BCUT2D eigenvalue weighted by atomic mass is 19.1. The van der Waals surface area contributed by atoms with Crippen LogP contribution >= 0.6 is 0 Å². The summed E-state index contributed by atoms with van der Waals surface area (Å²) >= 11 is 0. The minimum Gasteiger partial charge on any atom is -0.497 e. The van der Waals surface area contributed by atoms with Crippen molar-refractivity contribution in [3.05, 3.63) is 65.1 Å². The zero-order valence-electron chi connectivity index (χ0n) is 17.1. The minimum atomic E-state index is -0.438. The lowest BCUT2D eigenvalue weighted by atomic mass is 9.89. The first-order valence-electron chi connectivity index (χ1n) is 10.0. The molecule has 1 amide bonds. The van der Waals surface area contributed by atoms with Crippen molar-refractivity contribution < 1.29 is 18.7 Å². The Kier molecular flexibility index (Phi) is 5.70. The average Bonchev–Trinajstić information content (AvgIpc) is 3.18. The second kappa shape index (κ2) is 8.57. The van der Waals surface area contributed by atoms with Crippen molar-refractivity contribution in [2.45, 2.75) is 26.2 Å². The van der Waals surface area contributed by atoms with E-state index in [0.717, 1.165) is 46.5 Å². The second-order valence-electron chi connectivity index (χ2n) is 7.22. The Balaban J connectivity index is 1.49. The topological polar surface area (TPSA) is 67.5 Å². The SMILES string of the molecule is CCN(CCc1ccc(F)cc1)C(=O)Oc1[nH]nc2c1-c1ccc(OC)cc1CC2. The van der Waals surface area contributed by atoms with Crippen LogP contribution in [0.15, 0.2) is 42.5 Å². The molecule has 7 heteroatoms. The molecule has 1 aromatic heterocycles. The van der Waals surface area contributed by atoms with Crippen molar-refractivity contribution in [1.82, 2.24) is 15.1 Å². The van der Waals surface area contributed by atoms with Gasteiger partial charge in [-0.25, -0.2) is 14.3 Å². The van der Waals surface area contributed by atoms with Crippen molar-refractivity contribution in [3.8, 4) is 22.8 Å². The number of rotatable bonds is 6. The molecule has 3 aromatic rings. The first-order chi connectivity index (χ1) is 14.6. The molecule has 0 radical (unpaired) electrons. The van der Waals surface area contributed by atoms with Crippen LogP contribution in [0, 0.1) is 5.82 Å².